The lowest BCUT2D eigenvalue weighted by Crippen LogP contribution is -2.39. The lowest BCUT2D eigenvalue weighted by Gasteiger charge is -2.37. The van der Waals surface area contributed by atoms with E-state index in [1.807, 2.05) is 38.1 Å². The lowest BCUT2D eigenvalue weighted by molar-refractivity contribution is 0.0696. The minimum absolute atomic E-state index is 0.00553. The average Bonchev–Trinajstić information content (AvgIpc) is 2.89. The van der Waals surface area contributed by atoms with Gasteiger partial charge in [0.25, 0.3) is 0 Å². The topological polar surface area (TPSA) is 61.8 Å². The van der Waals surface area contributed by atoms with Crippen molar-refractivity contribution in [1.82, 2.24) is 5.32 Å². The van der Waals surface area contributed by atoms with Gasteiger partial charge in [0.05, 0.1) is 17.8 Å². The average molecular weight is 481 g/mol. The van der Waals surface area contributed by atoms with Crippen LogP contribution >= 0.6 is 0 Å². The Balaban J connectivity index is 1.33. The van der Waals surface area contributed by atoms with Gasteiger partial charge in [0.15, 0.2) is 0 Å². The normalized spacial score (nSPS) is 15.9. The molecule has 0 radical (unpaired) electrons. The van der Waals surface area contributed by atoms with Gasteiger partial charge < -0.3 is 20.1 Å². The fraction of sp³-hybridized carbons (Fsp3) is 0.258. The molecule has 0 spiro atoms. The first-order chi connectivity index (χ1) is 17.4. The third kappa shape index (κ3) is 4.54. The van der Waals surface area contributed by atoms with Gasteiger partial charge in [0.1, 0.15) is 11.9 Å². The van der Waals surface area contributed by atoms with Gasteiger partial charge in [0, 0.05) is 11.7 Å². The number of aromatic carboxylic acids is 1. The van der Waals surface area contributed by atoms with Gasteiger partial charge in [-0.25, -0.2) is 4.79 Å². The van der Waals surface area contributed by atoms with E-state index in [4.69, 9.17) is 4.74 Å². The first-order valence-corrected chi connectivity index (χ1v) is 12.5. The number of ether oxygens (including phenoxy) is 1. The Kier molecular flexibility index (Phi) is 6.66. The number of para-hydroxylation sites is 2. The Morgan fingerprint density at radius 1 is 0.972 bits per heavy atom. The molecule has 0 aliphatic carbocycles. The number of hydrogen-bond acceptors (Lipinski definition) is 4. The standard InChI is InChI=1S/C31H32N2O3/c1-20-21(2)28(16-15-25(20)31(34)35)33-19-24(36-30-14-7-6-13-29(30)33)17-18-32-22(3)26-12-8-10-23-9-4-5-11-27(23)26/h4-16,22,24,32H,17-19H2,1-3H3,(H,34,35)/t22-,24?/m1/s1. The summed E-state index contributed by atoms with van der Waals surface area (Å²) in [5, 5.41) is 15.8. The van der Waals surface area contributed by atoms with Gasteiger partial charge >= 0.3 is 5.97 Å². The summed E-state index contributed by atoms with van der Waals surface area (Å²) in [5.74, 6) is -0.0380. The van der Waals surface area contributed by atoms with E-state index in [0.29, 0.717) is 12.1 Å². The Hall–Kier alpha value is -3.83. The van der Waals surface area contributed by atoms with Crippen molar-refractivity contribution in [2.45, 2.75) is 39.3 Å². The largest absolute Gasteiger partial charge is 0.486 e. The van der Waals surface area contributed by atoms with Crippen molar-refractivity contribution in [2.75, 3.05) is 18.0 Å². The van der Waals surface area contributed by atoms with E-state index in [2.05, 4.69) is 65.7 Å². The zero-order valence-corrected chi connectivity index (χ0v) is 21.0. The molecule has 36 heavy (non-hydrogen) atoms. The van der Waals surface area contributed by atoms with E-state index in [1.165, 1.54) is 16.3 Å². The van der Waals surface area contributed by atoms with Gasteiger partial charge in [-0.2, -0.15) is 0 Å². The molecule has 2 atom stereocenters. The molecule has 184 valence electrons. The molecule has 0 saturated heterocycles. The smallest absolute Gasteiger partial charge is 0.335 e. The third-order valence-electron chi connectivity index (χ3n) is 7.32. The molecule has 0 aromatic heterocycles. The molecule has 4 aromatic rings. The lowest BCUT2D eigenvalue weighted by atomic mass is 9.99. The number of nitrogens with zero attached hydrogens (tertiary/aromatic N) is 1. The zero-order chi connectivity index (χ0) is 25.2. The molecular formula is C31H32N2O3. The molecule has 0 bridgehead atoms. The number of benzene rings is 4. The molecule has 5 heteroatoms. The molecule has 1 aliphatic heterocycles. The minimum Gasteiger partial charge on any atom is -0.486 e. The van der Waals surface area contributed by atoms with Gasteiger partial charge in [-0.1, -0.05) is 54.6 Å². The van der Waals surface area contributed by atoms with Gasteiger partial charge in [0.2, 0.25) is 0 Å². The van der Waals surface area contributed by atoms with E-state index < -0.39 is 5.97 Å². The summed E-state index contributed by atoms with van der Waals surface area (Å²) in [5.41, 5.74) is 5.46. The summed E-state index contributed by atoms with van der Waals surface area (Å²) in [7, 11) is 0. The third-order valence-corrected chi connectivity index (χ3v) is 7.32. The minimum atomic E-state index is -0.895. The zero-order valence-electron chi connectivity index (χ0n) is 21.0. The summed E-state index contributed by atoms with van der Waals surface area (Å²) < 4.78 is 6.40. The monoisotopic (exact) mass is 480 g/mol. The van der Waals surface area contributed by atoms with Crippen LogP contribution in [0.15, 0.2) is 78.9 Å². The molecule has 0 fully saturated rings. The number of anilines is 2. The Morgan fingerprint density at radius 3 is 2.56 bits per heavy atom. The number of rotatable bonds is 7. The fourth-order valence-electron chi connectivity index (χ4n) is 5.21. The van der Waals surface area contributed by atoms with Crippen molar-refractivity contribution >= 4 is 28.1 Å². The van der Waals surface area contributed by atoms with Gasteiger partial charge in [-0.3, -0.25) is 0 Å². The van der Waals surface area contributed by atoms with Crippen LogP contribution < -0.4 is 15.0 Å². The van der Waals surface area contributed by atoms with E-state index in [1.54, 1.807) is 6.07 Å². The summed E-state index contributed by atoms with van der Waals surface area (Å²) in [6.07, 6.45) is 0.858. The summed E-state index contributed by atoms with van der Waals surface area (Å²) in [4.78, 5) is 13.9. The highest BCUT2D eigenvalue weighted by atomic mass is 16.5. The molecule has 0 amide bonds. The number of carbonyl (C=O) groups is 1. The Morgan fingerprint density at radius 2 is 1.72 bits per heavy atom. The highest BCUT2D eigenvalue weighted by molar-refractivity contribution is 5.91. The van der Waals surface area contributed by atoms with Crippen LogP contribution in [0.3, 0.4) is 0 Å². The molecule has 4 aromatic carbocycles. The molecule has 1 aliphatic rings. The van der Waals surface area contributed by atoms with Crippen molar-refractivity contribution in [3.05, 3.63) is 101 Å². The first kappa shape index (κ1) is 23.9. The van der Waals surface area contributed by atoms with Crippen molar-refractivity contribution in [1.29, 1.82) is 0 Å². The Bertz CT molecular complexity index is 1410. The maximum absolute atomic E-state index is 11.6. The number of carboxylic acids is 1. The van der Waals surface area contributed by atoms with Crippen LogP contribution in [-0.4, -0.2) is 30.3 Å². The fourth-order valence-corrected chi connectivity index (χ4v) is 5.21. The van der Waals surface area contributed by atoms with Crippen molar-refractivity contribution < 1.29 is 14.6 Å². The van der Waals surface area contributed by atoms with Crippen LogP contribution in [0.2, 0.25) is 0 Å². The molecular weight excluding hydrogens is 448 g/mol. The maximum Gasteiger partial charge on any atom is 0.335 e. The number of nitrogens with one attached hydrogen (secondary N) is 1. The molecule has 1 unspecified atom stereocenters. The molecule has 0 saturated carbocycles. The van der Waals surface area contributed by atoms with Crippen LogP contribution in [0.4, 0.5) is 11.4 Å². The predicted molar refractivity (Wildman–Crippen MR) is 146 cm³/mol. The second-order valence-corrected chi connectivity index (χ2v) is 9.54. The first-order valence-electron chi connectivity index (χ1n) is 12.5. The van der Waals surface area contributed by atoms with Crippen LogP contribution in [0.25, 0.3) is 10.8 Å². The van der Waals surface area contributed by atoms with E-state index in [-0.39, 0.29) is 12.1 Å². The highest BCUT2D eigenvalue weighted by Gasteiger charge is 2.28. The number of fused-ring (bicyclic) bond motifs is 2. The summed E-state index contributed by atoms with van der Waals surface area (Å²) in [6, 6.07) is 26.9. The van der Waals surface area contributed by atoms with E-state index >= 15 is 0 Å². The second kappa shape index (κ2) is 10.0. The van der Waals surface area contributed by atoms with Crippen molar-refractivity contribution in [3.8, 4) is 5.75 Å². The van der Waals surface area contributed by atoms with Crippen LogP contribution in [0.5, 0.6) is 5.75 Å². The molecule has 2 N–H and O–H groups in total. The Labute approximate surface area is 212 Å². The van der Waals surface area contributed by atoms with Crippen LogP contribution in [-0.2, 0) is 0 Å². The van der Waals surface area contributed by atoms with Crippen molar-refractivity contribution in [3.63, 3.8) is 0 Å². The molecule has 1 heterocycles. The number of hydrogen-bond donors (Lipinski definition) is 2. The maximum atomic E-state index is 11.6. The van der Waals surface area contributed by atoms with E-state index in [0.717, 1.165) is 41.2 Å². The SMILES string of the molecule is Cc1c(C(=O)O)ccc(N2CC(CCN[C@H](C)c3cccc4ccccc34)Oc3ccccc32)c1C. The summed E-state index contributed by atoms with van der Waals surface area (Å²) >= 11 is 0. The molecule has 5 rings (SSSR count). The van der Waals surface area contributed by atoms with Crippen LogP contribution in [0, 0.1) is 13.8 Å². The highest BCUT2D eigenvalue weighted by Crippen LogP contribution is 2.40. The van der Waals surface area contributed by atoms with Gasteiger partial charge in [-0.05, 0) is 85.5 Å². The van der Waals surface area contributed by atoms with E-state index in [9.17, 15) is 9.90 Å². The molecule has 5 nitrogen and oxygen atoms in total. The van der Waals surface area contributed by atoms with Crippen molar-refractivity contribution in [2.24, 2.45) is 0 Å². The quantitative estimate of drug-likeness (QED) is 0.305. The van der Waals surface area contributed by atoms with Crippen LogP contribution in [0.1, 0.15) is 46.4 Å². The predicted octanol–water partition coefficient (Wildman–Crippen LogP) is 6.79. The summed E-state index contributed by atoms with van der Waals surface area (Å²) in [6.45, 7) is 7.61. The van der Waals surface area contributed by atoms with Gasteiger partial charge in [-0.15, -0.1) is 0 Å². The number of carboxylic acid groups (broad SMARTS) is 1. The second-order valence-electron chi connectivity index (χ2n) is 9.54.